The first kappa shape index (κ1) is 10.4. The zero-order chi connectivity index (χ0) is 8.74. The van der Waals surface area contributed by atoms with Crippen LogP contribution in [0.4, 0.5) is 0 Å². The summed E-state index contributed by atoms with van der Waals surface area (Å²) in [5.74, 6) is 0. The van der Waals surface area contributed by atoms with Gasteiger partial charge in [-0.25, -0.2) is 0 Å². The molecular formula is C10H17O. The predicted molar refractivity (Wildman–Crippen MR) is 49.1 cm³/mol. The molecule has 1 N–H and O–H groups in total. The highest BCUT2D eigenvalue weighted by molar-refractivity contribution is 5.02. The molecule has 0 heterocycles. The lowest BCUT2D eigenvalue weighted by Crippen LogP contribution is -2.17. The fourth-order valence-electron chi connectivity index (χ4n) is 0.857. The molecule has 0 aromatic carbocycles. The summed E-state index contributed by atoms with van der Waals surface area (Å²) in [6, 6.07) is 0. The van der Waals surface area contributed by atoms with E-state index >= 15 is 0 Å². The maximum atomic E-state index is 9.03. The summed E-state index contributed by atoms with van der Waals surface area (Å²) in [5, 5.41) is 9.03. The standard InChI is InChI=1S/C10H17O/c1-4-6-8-10(3,9-11)7-5-2/h4-7,11H,2,8-9H2,1,3H3. The van der Waals surface area contributed by atoms with E-state index in [1.165, 1.54) is 0 Å². The monoisotopic (exact) mass is 153 g/mol. The largest absolute Gasteiger partial charge is 0.395 e. The summed E-state index contributed by atoms with van der Waals surface area (Å²) in [7, 11) is 0. The molecule has 0 fully saturated rings. The summed E-state index contributed by atoms with van der Waals surface area (Å²) < 4.78 is 0. The minimum absolute atomic E-state index is 0.131. The third-order valence-electron chi connectivity index (χ3n) is 1.70. The van der Waals surface area contributed by atoms with Gasteiger partial charge in [-0.15, -0.1) is 0 Å². The fourth-order valence-corrected chi connectivity index (χ4v) is 0.857. The summed E-state index contributed by atoms with van der Waals surface area (Å²) in [5.41, 5.74) is -0.131. The van der Waals surface area contributed by atoms with Crippen LogP contribution in [-0.4, -0.2) is 11.7 Å². The first-order valence-electron chi connectivity index (χ1n) is 3.87. The molecule has 1 radical (unpaired) electrons. The van der Waals surface area contributed by atoms with Crippen LogP contribution in [0.3, 0.4) is 0 Å². The molecule has 0 amide bonds. The van der Waals surface area contributed by atoms with Gasteiger partial charge in [-0.1, -0.05) is 31.2 Å². The Morgan fingerprint density at radius 2 is 2.18 bits per heavy atom. The molecule has 1 unspecified atom stereocenters. The number of hydrogen-bond acceptors (Lipinski definition) is 1. The minimum atomic E-state index is -0.131. The van der Waals surface area contributed by atoms with E-state index in [-0.39, 0.29) is 12.0 Å². The van der Waals surface area contributed by atoms with Crippen LogP contribution in [-0.2, 0) is 0 Å². The smallest absolute Gasteiger partial charge is 0.0522 e. The van der Waals surface area contributed by atoms with Crippen molar-refractivity contribution in [2.45, 2.75) is 20.3 Å². The summed E-state index contributed by atoms with van der Waals surface area (Å²) >= 11 is 0. The van der Waals surface area contributed by atoms with E-state index in [1.807, 2.05) is 26.0 Å². The molecule has 1 nitrogen and oxygen atoms in total. The van der Waals surface area contributed by atoms with Gasteiger partial charge in [0, 0.05) is 5.41 Å². The molecule has 0 spiro atoms. The van der Waals surface area contributed by atoms with Crippen molar-refractivity contribution in [3.8, 4) is 0 Å². The first-order valence-corrected chi connectivity index (χ1v) is 3.87. The predicted octanol–water partition coefficient (Wildman–Crippen LogP) is 2.34. The van der Waals surface area contributed by atoms with Crippen LogP contribution >= 0.6 is 0 Å². The zero-order valence-electron chi connectivity index (χ0n) is 7.38. The van der Waals surface area contributed by atoms with Crippen molar-refractivity contribution in [1.29, 1.82) is 0 Å². The molecule has 11 heavy (non-hydrogen) atoms. The highest BCUT2D eigenvalue weighted by Crippen LogP contribution is 2.22. The van der Waals surface area contributed by atoms with E-state index < -0.39 is 0 Å². The molecule has 0 aromatic heterocycles. The summed E-state index contributed by atoms with van der Waals surface area (Å²) in [4.78, 5) is 0. The summed E-state index contributed by atoms with van der Waals surface area (Å²) in [6.45, 7) is 7.77. The van der Waals surface area contributed by atoms with Crippen LogP contribution in [0.1, 0.15) is 20.3 Å². The Labute approximate surface area is 69.4 Å². The highest BCUT2D eigenvalue weighted by Gasteiger charge is 2.16. The van der Waals surface area contributed by atoms with Crippen LogP contribution < -0.4 is 0 Å². The van der Waals surface area contributed by atoms with Gasteiger partial charge in [-0.3, -0.25) is 0 Å². The van der Waals surface area contributed by atoms with Crippen LogP contribution in [0.15, 0.2) is 24.3 Å². The van der Waals surface area contributed by atoms with Crippen molar-refractivity contribution in [2.24, 2.45) is 5.41 Å². The molecule has 0 aliphatic heterocycles. The average molecular weight is 153 g/mol. The number of hydrogen-bond donors (Lipinski definition) is 1. The number of rotatable bonds is 4. The van der Waals surface area contributed by atoms with Crippen LogP contribution in [0.5, 0.6) is 0 Å². The molecule has 1 heteroatoms. The van der Waals surface area contributed by atoms with Gasteiger partial charge in [0.2, 0.25) is 0 Å². The molecular weight excluding hydrogens is 136 g/mol. The lowest BCUT2D eigenvalue weighted by molar-refractivity contribution is 0.186. The van der Waals surface area contributed by atoms with Crippen molar-refractivity contribution >= 4 is 0 Å². The van der Waals surface area contributed by atoms with Gasteiger partial charge >= 0.3 is 0 Å². The third kappa shape index (κ3) is 3.99. The number of aliphatic hydroxyl groups excluding tert-OH is 1. The molecule has 0 saturated carbocycles. The molecule has 0 aromatic rings. The van der Waals surface area contributed by atoms with E-state index in [1.54, 1.807) is 6.08 Å². The Morgan fingerprint density at radius 3 is 2.55 bits per heavy atom. The molecule has 0 saturated heterocycles. The summed E-state index contributed by atoms with van der Waals surface area (Å²) in [6.07, 6.45) is 8.58. The Hall–Kier alpha value is -0.560. The normalized spacial score (nSPS) is 17.8. The number of allylic oxidation sites excluding steroid dienone is 3. The van der Waals surface area contributed by atoms with Crippen molar-refractivity contribution < 1.29 is 5.11 Å². The molecule has 0 aliphatic carbocycles. The van der Waals surface area contributed by atoms with Gasteiger partial charge < -0.3 is 5.11 Å². The van der Waals surface area contributed by atoms with Crippen LogP contribution in [0, 0.1) is 12.3 Å². The lowest BCUT2D eigenvalue weighted by Gasteiger charge is -2.20. The van der Waals surface area contributed by atoms with Gasteiger partial charge in [0.15, 0.2) is 0 Å². The van der Waals surface area contributed by atoms with Crippen molar-refractivity contribution in [1.82, 2.24) is 0 Å². The fraction of sp³-hybridized carbons (Fsp3) is 0.500. The minimum Gasteiger partial charge on any atom is -0.395 e. The SMILES string of the molecule is [CH2]C=CC(C)(CO)CC=CC. The topological polar surface area (TPSA) is 20.2 Å². The van der Waals surface area contributed by atoms with Crippen molar-refractivity contribution in [2.75, 3.05) is 6.61 Å². The molecule has 0 rings (SSSR count). The first-order chi connectivity index (χ1) is 5.18. The maximum Gasteiger partial charge on any atom is 0.0522 e. The van der Waals surface area contributed by atoms with E-state index in [4.69, 9.17) is 5.11 Å². The van der Waals surface area contributed by atoms with E-state index in [2.05, 4.69) is 13.0 Å². The van der Waals surface area contributed by atoms with Gasteiger partial charge in [-0.05, 0) is 20.3 Å². The molecule has 0 bridgehead atoms. The van der Waals surface area contributed by atoms with E-state index in [0.29, 0.717) is 0 Å². The third-order valence-corrected chi connectivity index (χ3v) is 1.70. The highest BCUT2D eigenvalue weighted by atomic mass is 16.3. The second kappa shape index (κ2) is 5.14. The number of aliphatic hydroxyl groups is 1. The second-order valence-corrected chi connectivity index (χ2v) is 2.99. The Kier molecular flexibility index (Phi) is 4.88. The van der Waals surface area contributed by atoms with Gasteiger partial charge in [-0.2, -0.15) is 0 Å². The molecule has 1 atom stereocenters. The van der Waals surface area contributed by atoms with Crippen LogP contribution in [0.2, 0.25) is 0 Å². The second-order valence-electron chi connectivity index (χ2n) is 2.99. The van der Waals surface area contributed by atoms with E-state index in [0.717, 1.165) is 6.42 Å². The molecule has 0 aliphatic rings. The molecule has 63 valence electrons. The van der Waals surface area contributed by atoms with Gasteiger partial charge in [0.1, 0.15) is 0 Å². The maximum absolute atomic E-state index is 9.03. The lowest BCUT2D eigenvalue weighted by atomic mass is 9.87. The quantitative estimate of drug-likeness (QED) is 0.615. The Bertz CT molecular complexity index is 147. The zero-order valence-corrected chi connectivity index (χ0v) is 7.38. The Morgan fingerprint density at radius 1 is 1.55 bits per heavy atom. The van der Waals surface area contributed by atoms with Crippen molar-refractivity contribution in [3.05, 3.63) is 31.2 Å². The Balaban J connectivity index is 4.09. The van der Waals surface area contributed by atoms with Gasteiger partial charge in [0.05, 0.1) is 6.61 Å². The average Bonchev–Trinajstić information content (AvgIpc) is 2.02. The van der Waals surface area contributed by atoms with E-state index in [9.17, 15) is 0 Å². The van der Waals surface area contributed by atoms with Crippen molar-refractivity contribution in [3.63, 3.8) is 0 Å². The van der Waals surface area contributed by atoms with Gasteiger partial charge in [0.25, 0.3) is 0 Å². The van der Waals surface area contributed by atoms with Crippen LogP contribution in [0.25, 0.3) is 0 Å².